The smallest absolute Gasteiger partial charge is 0.152 e. The Morgan fingerprint density at radius 3 is 2.62 bits per heavy atom. The summed E-state index contributed by atoms with van der Waals surface area (Å²) in [6.07, 6.45) is 1.73. The quantitative estimate of drug-likeness (QED) is 0.751. The molecule has 2 aromatic heterocycles. The molecule has 3 rings (SSSR count). The van der Waals surface area contributed by atoms with Gasteiger partial charge in [-0.1, -0.05) is 35.0 Å². The molecule has 0 unspecified atom stereocenters. The van der Waals surface area contributed by atoms with Crippen molar-refractivity contribution in [2.75, 3.05) is 5.32 Å². The number of anilines is 2. The maximum Gasteiger partial charge on any atom is 0.152 e. The van der Waals surface area contributed by atoms with Crippen LogP contribution >= 0.6 is 11.6 Å². The van der Waals surface area contributed by atoms with Crippen LogP contribution in [0, 0.1) is 6.92 Å². The normalized spacial score (nSPS) is 10.6. The van der Waals surface area contributed by atoms with Gasteiger partial charge in [0.1, 0.15) is 0 Å². The van der Waals surface area contributed by atoms with Crippen LogP contribution in [0.15, 0.2) is 42.6 Å². The largest absolute Gasteiger partial charge is 0.353 e. The van der Waals surface area contributed by atoms with Gasteiger partial charge >= 0.3 is 0 Å². The lowest BCUT2D eigenvalue weighted by molar-refractivity contribution is 0.719. The third-order valence-corrected chi connectivity index (χ3v) is 3.46. The van der Waals surface area contributed by atoms with Crippen molar-refractivity contribution in [3.05, 3.63) is 53.4 Å². The van der Waals surface area contributed by atoms with Crippen LogP contribution in [0.5, 0.6) is 0 Å². The zero-order valence-corrected chi connectivity index (χ0v) is 12.5. The Kier molecular flexibility index (Phi) is 3.58. The molecular formula is C15H14ClN5. The van der Waals surface area contributed by atoms with Crippen molar-refractivity contribution in [3.8, 4) is 11.3 Å². The van der Waals surface area contributed by atoms with Crippen LogP contribution in [0.2, 0.25) is 5.15 Å². The summed E-state index contributed by atoms with van der Waals surface area (Å²) in [5.74, 6) is 0. The molecule has 21 heavy (non-hydrogen) atoms. The minimum Gasteiger partial charge on any atom is -0.353 e. The second-order valence-electron chi connectivity index (χ2n) is 4.70. The van der Waals surface area contributed by atoms with Crippen LogP contribution in [0.4, 0.5) is 11.4 Å². The fourth-order valence-electron chi connectivity index (χ4n) is 2.20. The summed E-state index contributed by atoms with van der Waals surface area (Å²) in [6.45, 7) is 1.92. The van der Waals surface area contributed by atoms with E-state index in [1.807, 2.05) is 50.4 Å². The Morgan fingerprint density at radius 2 is 1.95 bits per heavy atom. The van der Waals surface area contributed by atoms with Gasteiger partial charge in [0, 0.05) is 24.5 Å². The van der Waals surface area contributed by atoms with Crippen LogP contribution in [-0.2, 0) is 7.05 Å². The van der Waals surface area contributed by atoms with E-state index in [0.29, 0.717) is 5.15 Å². The van der Waals surface area contributed by atoms with Crippen LogP contribution in [0.25, 0.3) is 11.3 Å². The van der Waals surface area contributed by atoms with Gasteiger partial charge in [-0.15, -0.1) is 5.10 Å². The molecule has 0 saturated carbocycles. The number of pyridine rings is 1. The molecule has 5 nitrogen and oxygen atoms in total. The van der Waals surface area contributed by atoms with E-state index in [-0.39, 0.29) is 0 Å². The molecule has 1 N–H and O–H groups in total. The van der Waals surface area contributed by atoms with Crippen LogP contribution in [-0.4, -0.2) is 20.0 Å². The number of nitrogens with zero attached hydrogens (tertiary/aromatic N) is 4. The zero-order chi connectivity index (χ0) is 14.8. The van der Waals surface area contributed by atoms with E-state index in [4.69, 9.17) is 11.6 Å². The minimum atomic E-state index is 0.426. The summed E-state index contributed by atoms with van der Waals surface area (Å²) in [7, 11) is 1.86. The number of aryl methyl sites for hydroxylation is 2. The van der Waals surface area contributed by atoms with E-state index in [1.165, 1.54) is 0 Å². The third-order valence-electron chi connectivity index (χ3n) is 3.16. The van der Waals surface area contributed by atoms with Gasteiger partial charge in [0.05, 0.1) is 17.1 Å². The van der Waals surface area contributed by atoms with Crippen molar-refractivity contribution in [1.82, 2.24) is 20.0 Å². The molecule has 0 aliphatic carbocycles. The molecule has 0 radical (unpaired) electrons. The molecule has 0 fully saturated rings. The summed E-state index contributed by atoms with van der Waals surface area (Å²) < 4.78 is 1.73. The molecule has 0 aliphatic heterocycles. The van der Waals surface area contributed by atoms with Crippen LogP contribution in [0.3, 0.4) is 0 Å². The van der Waals surface area contributed by atoms with E-state index in [1.54, 1.807) is 10.9 Å². The number of benzene rings is 1. The van der Waals surface area contributed by atoms with Crippen LogP contribution < -0.4 is 5.32 Å². The highest BCUT2D eigenvalue weighted by molar-refractivity contribution is 6.32. The fourth-order valence-corrected chi connectivity index (χ4v) is 2.35. The Hall–Kier alpha value is -2.40. The number of para-hydroxylation sites is 1. The zero-order valence-electron chi connectivity index (χ0n) is 11.7. The summed E-state index contributed by atoms with van der Waals surface area (Å²) in [4.78, 5) is 4.25. The van der Waals surface area contributed by atoms with Crippen molar-refractivity contribution in [3.63, 3.8) is 0 Å². The Balaban J connectivity index is 2.01. The van der Waals surface area contributed by atoms with Crippen molar-refractivity contribution in [2.24, 2.45) is 7.05 Å². The van der Waals surface area contributed by atoms with Gasteiger partial charge in [-0.3, -0.25) is 0 Å². The molecular weight excluding hydrogens is 286 g/mol. The van der Waals surface area contributed by atoms with E-state index < -0.39 is 0 Å². The van der Waals surface area contributed by atoms with Gasteiger partial charge in [0.2, 0.25) is 0 Å². The molecule has 2 heterocycles. The lowest BCUT2D eigenvalue weighted by Gasteiger charge is -2.10. The predicted octanol–water partition coefficient (Wildman–Crippen LogP) is 3.58. The first-order valence-electron chi connectivity index (χ1n) is 6.49. The first-order chi connectivity index (χ1) is 10.1. The molecule has 0 saturated heterocycles. The topological polar surface area (TPSA) is 55.6 Å². The molecule has 106 valence electrons. The summed E-state index contributed by atoms with van der Waals surface area (Å²) in [5.41, 5.74) is 4.41. The average molecular weight is 300 g/mol. The van der Waals surface area contributed by atoms with E-state index in [2.05, 4.69) is 20.6 Å². The number of halogens is 1. The molecule has 6 heteroatoms. The second-order valence-corrected chi connectivity index (χ2v) is 5.06. The minimum absolute atomic E-state index is 0.426. The number of hydrogen-bond donors (Lipinski definition) is 1. The number of hydrogen-bond acceptors (Lipinski definition) is 4. The lowest BCUT2D eigenvalue weighted by atomic mass is 10.1. The molecule has 0 bridgehead atoms. The lowest BCUT2D eigenvalue weighted by Crippen LogP contribution is -1.98. The van der Waals surface area contributed by atoms with E-state index in [9.17, 15) is 0 Å². The average Bonchev–Trinajstić information content (AvgIpc) is 2.82. The van der Waals surface area contributed by atoms with Gasteiger partial charge in [-0.05, 0) is 25.1 Å². The first kappa shape index (κ1) is 13.6. The van der Waals surface area contributed by atoms with Gasteiger partial charge in [0.25, 0.3) is 0 Å². The maximum atomic E-state index is 6.18. The number of aromatic nitrogens is 4. The molecule has 0 amide bonds. The summed E-state index contributed by atoms with van der Waals surface area (Å²) in [5, 5.41) is 11.8. The van der Waals surface area contributed by atoms with Gasteiger partial charge in [-0.25, -0.2) is 9.67 Å². The SMILES string of the molecule is Cc1nnn(C)c1-c1cnc(Cl)c(Nc2ccccc2)c1. The molecule has 0 spiro atoms. The highest BCUT2D eigenvalue weighted by Crippen LogP contribution is 2.29. The highest BCUT2D eigenvalue weighted by Gasteiger charge is 2.12. The number of rotatable bonds is 3. The van der Waals surface area contributed by atoms with E-state index in [0.717, 1.165) is 28.3 Å². The summed E-state index contributed by atoms with van der Waals surface area (Å²) in [6, 6.07) is 11.8. The van der Waals surface area contributed by atoms with Crippen molar-refractivity contribution in [2.45, 2.75) is 6.92 Å². The molecule has 0 aliphatic rings. The molecule has 0 atom stereocenters. The standard InChI is InChI=1S/C15H14ClN5/c1-10-14(21(2)20-19-10)11-8-13(15(16)17-9-11)18-12-6-4-3-5-7-12/h3-9,18H,1-2H3. The van der Waals surface area contributed by atoms with Crippen molar-refractivity contribution in [1.29, 1.82) is 0 Å². The monoisotopic (exact) mass is 299 g/mol. The summed E-state index contributed by atoms with van der Waals surface area (Å²) >= 11 is 6.18. The van der Waals surface area contributed by atoms with Gasteiger partial charge < -0.3 is 5.32 Å². The molecule has 1 aromatic carbocycles. The Bertz CT molecular complexity index is 747. The van der Waals surface area contributed by atoms with Crippen LogP contribution in [0.1, 0.15) is 5.69 Å². The fraction of sp³-hybridized carbons (Fsp3) is 0.133. The highest BCUT2D eigenvalue weighted by atomic mass is 35.5. The first-order valence-corrected chi connectivity index (χ1v) is 6.87. The Labute approximate surface area is 127 Å². The molecule has 3 aromatic rings. The second kappa shape index (κ2) is 5.54. The Morgan fingerprint density at radius 1 is 1.19 bits per heavy atom. The van der Waals surface area contributed by atoms with E-state index >= 15 is 0 Å². The number of nitrogens with one attached hydrogen (secondary N) is 1. The van der Waals surface area contributed by atoms with Gasteiger partial charge in [0.15, 0.2) is 5.15 Å². The maximum absolute atomic E-state index is 6.18. The third kappa shape index (κ3) is 2.73. The van der Waals surface area contributed by atoms with Gasteiger partial charge in [-0.2, -0.15) is 0 Å². The predicted molar refractivity (Wildman–Crippen MR) is 83.7 cm³/mol. The van der Waals surface area contributed by atoms with Crippen molar-refractivity contribution < 1.29 is 0 Å². The van der Waals surface area contributed by atoms with Crippen molar-refractivity contribution >= 4 is 23.0 Å².